The molecule has 0 aliphatic carbocycles. The van der Waals surface area contributed by atoms with E-state index in [1.165, 1.54) is 0 Å². The van der Waals surface area contributed by atoms with Gasteiger partial charge in [-0.3, -0.25) is 9.59 Å². The van der Waals surface area contributed by atoms with Crippen LogP contribution in [0.5, 0.6) is 0 Å². The molecule has 0 aliphatic rings. The molecule has 0 bridgehead atoms. The van der Waals surface area contributed by atoms with Crippen LogP contribution in [0.25, 0.3) is 0 Å². The molecule has 4 nitrogen and oxygen atoms in total. The van der Waals surface area contributed by atoms with Crippen LogP contribution in [0.2, 0.25) is 0 Å². The predicted molar refractivity (Wildman–Crippen MR) is 108 cm³/mol. The molecule has 2 rings (SSSR count). The van der Waals surface area contributed by atoms with Gasteiger partial charge in [-0.1, -0.05) is 32.0 Å². The molecule has 2 amide bonds. The molecular weight excluding hydrogens is 324 g/mol. The number of anilines is 2. The monoisotopic (exact) mass is 352 g/mol. The second kappa shape index (κ2) is 9.18. The van der Waals surface area contributed by atoms with Crippen molar-refractivity contribution in [3.63, 3.8) is 0 Å². The Morgan fingerprint density at radius 1 is 0.962 bits per heavy atom. The van der Waals surface area contributed by atoms with E-state index in [0.717, 1.165) is 29.8 Å². The first-order valence-electron chi connectivity index (χ1n) is 9.30. The quantitative estimate of drug-likeness (QED) is 0.759. The van der Waals surface area contributed by atoms with Gasteiger partial charge in [0.25, 0.3) is 5.91 Å². The van der Waals surface area contributed by atoms with E-state index in [0.29, 0.717) is 12.1 Å². The first kappa shape index (κ1) is 19.7. The van der Waals surface area contributed by atoms with Crippen molar-refractivity contribution < 1.29 is 9.59 Å². The highest BCUT2D eigenvalue weighted by atomic mass is 16.2. The standard InChI is InChI=1S/C22H28N2O2/c1-5-17(6-2)21(25)23-19-14-12-18(13-15-19)22(26)24(7-3)20-11-9-8-10-16(20)4/h8-15,17H,5-7H2,1-4H3,(H,23,25). The molecule has 2 aromatic carbocycles. The lowest BCUT2D eigenvalue weighted by Crippen LogP contribution is -2.31. The Balaban J connectivity index is 2.15. The summed E-state index contributed by atoms with van der Waals surface area (Å²) in [4.78, 5) is 26.9. The fourth-order valence-corrected chi connectivity index (χ4v) is 3.05. The predicted octanol–water partition coefficient (Wildman–Crippen LogP) is 5.04. The molecule has 0 unspecified atom stereocenters. The van der Waals surface area contributed by atoms with Crippen molar-refractivity contribution in [3.8, 4) is 0 Å². The first-order chi connectivity index (χ1) is 12.5. The van der Waals surface area contributed by atoms with E-state index in [1.54, 1.807) is 29.2 Å². The largest absolute Gasteiger partial charge is 0.326 e. The third-order valence-corrected chi connectivity index (χ3v) is 4.72. The lowest BCUT2D eigenvalue weighted by atomic mass is 10.0. The smallest absolute Gasteiger partial charge is 0.258 e. The molecule has 0 saturated carbocycles. The van der Waals surface area contributed by atoms with Gasteiger partial charge in [-0.2, -0.15) is 0 Å². The number of benzene rings is 2. The minimum Gasteiger partial charge on any atom is -0.326 e. The van der Waals surface area contributed by atoms with Crippen LogP contribution in [0.1, 0.15) is 49.5 Å². The van der Waals surface area contributed by atoms with Crippen molar-refractivity contribution in [3.05, 3.63) is 59.7 Å². The van der Waals surface area contributed by atoms with E-state index < -0.39 is 0 Å². The number of hydrogen-bond donors (Lipinski definition) is 1. The van der Waals surface area contributed by atoms with Gasteiger partial charge in [0, 0.05) is 29.4 Å². The van der Waals surface area contributed by atoms with Crippen molar-refractivity contribution >= 4 is 23.2 Å². The summed E-state index contributed by atoms with van der Waals surface area (Å²) in [5, 5.41) is 2.93. The van der Waals surface area contributed by atoms with Crippen LogP contribution >= 0.6 is 0 Å². The number of nitrogens with one attached hydrogen (secondary N) is 1. The number of hydrogen-bond acceptors (Lipinski definition) is 2. The molecule has 0 aliphatic heterocycles. The van der Waals surface area contributed by atoms with E-state index >= 15 is 0 Å². The van der Waals surface area contributed by atoms with Gasteiger partial charge in [0.15, 0.2) is 0 Å². The molecule has 0 atom stereocenters. The van der Waals surface area contributed by atoms with E-state index in [1.807, 2.05) is 52.0 Å². The van der Waals surface area contributed by atoms with Gasteiger partial charge in [0.2, 0.25) is 5.91 Å². The van der Waals surface area contributed by atoms with Crippen molar-refractivity contribution in [2.45, 2.75) is 40.5 Å². The summed E-state index contributed by atoms with van der Waals surface area (Å²) >= 11 is 0. The lowest BCUT2D eigenvalue weighted by molar-refractivity contribution is -0.120. The third-order valence-electron chi connectivity index (χ3n) is 4.72. The van der Waals surface area contributed by atoms with E-state index in [2.05, 4.69) is 5.32 Å². The number of aryl methyl sites for hydroxylation is 1. The van der Waals surface area contributed by atoms with Gasteiger partial charge in [-0.05, 0) is 62.6 Å². The van der Waals surface area contributed by atoms with Crippen LogP contribution in [0, 0.1) is 12.8 Å². The molecule has 2 aromatic rings. The zero-order valence-electron chi connectivity index (χ0n) is 16.1. The van der Waals surface area contributed by atoms with Crippen LogP contribution in [0.4, 0.5) is 11.4 Å². The number of carbonyl (C=O) groups is 2. The maximum atomic E-state index is 12.9. The van der Waals surface area contributed by atoms with Gasteiger partial charge in [-0.25, -0.2) is 0 Å². The average molecular weight is 352 g/mol. The van der Waals surface area contributed by atoms with Gasteiger partial charge in [-0.15, -0.1) is 0 Å². The third kappa shape index (κ3) is 4.51. The summed E-state index contributed by atoms with van der Waals surface area (Å²) in [6.07, 6.45) is 1.64. The van der Waals surface area contributed by atoms with Crippen molar-refractivity contribution in [1.29, 1.82) is 0 Å². The molecule has 0 spiro atoms. The molecule has 26 heavy (non-hydrogen) atoms. The summed E-state index contributed by atoms with van der Waals surface area (Å²) in [7, 11) is 0. The summed E-state index contributed by atoms with van der Waals surface area (Å²) < 4.78 is 0. The normalized spacial score (nSPS) is 10.7. The molecule has 0 fully saturated rings. The van der Waals surface area contributed by atoms with Gasteiger partial charge < -0.3 is 10.2 Å². The lowest BCUT2D eigenvalue weighted by Gasteiger charge is -2.23. The Morgan fingerprint density at radius 2 is 1.58 bits per heavy atom. The zero-order valence-corrected chi connectivity index (χ0v) is 16.1. The molecule has 1 N–H and O–H groups in total. The van der Waals surface area contributed by atoms with Crippen molar-refractivity contribution in [1.82, 2.24) is 0 Å². The molecule has 0 saturated heterocycles. The average Bonchev–Trinajstić information content (AvgIpc) is 2.65. The zero-order chi connectivity index (χ0) is 19.1. The number of amides is 2. The van der Waals surface area contributed by atoms with Crippen molar-refractivity contribution in [2.75, 3.05) is 16.8 Å². The van der Waals surface area contributed by atoms with Crippen LogP contribution in [-0.2, 0) is 4.79 Å². The van der Waals surface area contributed by atoms with Crippen LogP contribution < -0.4 is 10.2 Å². The molecule has 138 valence electrons. The second-order valence-electron chi connectivity index (χ2n) is 6.42. The molecule has 0 aromatic heterocycles. The van der Waals surface area contributed by atoms with Crippen molar-refractivity contribution in [2.24, 2.45) is 5.92 Å². The minimum atomic E-state index is -0.0420. The number of nitrogens with zero attached hydrogens (tertiary/aromatic N) is 1. The maximum absolute atomic E-state index is 12.9. The Morgan fingerprint density at radius 3 is 2.12 bits per heavy atom. The highest BCUT2D eigenvalue weighted by Crippen LogP contribution is 2.22. The molecule has 0 radical (unpaired) electrons. The highest BCUT2D eigenvalue weighted by Gasteiger charge is 2.18. The summed E-state index contributed by atoms with van der Waals surface area (Å²) in [6.45, 7) is 8.59. The highest BCUT2D eigenvalue weighted by molar-refractivity contribution is 6.06. The maximum Gasteiger partial charge on any atom is 0.258 e. The Hall–Kier alpha value is -2.62. The SMILES string of the molecule is CCC(CC)C(=O)Nc1ccc(C(=O)N(CC)c2ccccc2C)cc1. The van der Waals surface area contributed by atoms with E-state index in [9.17, 15) is 9.59 Å². The van der Waals surface area contributed by atoms with E-state index in [-0.39, 0.29) is 17.7 Å². The Bertz CT molecular complexity index is 749. The molecular formula is C22H28N2O2. The first-order valence-corrected chi connectivity index (χ1v) is 9.30. The van der Waals surface area contributed by atoms with Gasteiger partial charge >= 0.3 is 0 Å². The van der Waals surface area contributed by atoms with Crippen LogP contribution in [0.3, 0.4) is 0 Å². The summed E-state index contributed by atoms with van der Waals surface area (Å²) in [6, 6.07) is 15.0. The minimum absolute atomic E-state index is 0.0212. The topological polar surface area (TPSA) is 49.4 Å². The molecule has 4 heteroatoms. The second-order valence-corrected chi connectivity index (χ2v) is 6.42. The van der Waals surface area contributed by atoms with E-state index in [4.69, 9.17) is 0 Å². The number of carbonyl (C=O) groups excluding carboxylic acids is 2. The number of para-hydroxylation sites is 1. The summed E-state index contributed by atoms with van der Waals surface area (Å²) in [5.41, 5.74) is 3.32. The fourth-order valence-electron chi connectivity index (χ4n) is 3.05. The Labute approximate surface area is 156 Å². The molecule has 0 heterocycles. The van der Waals surface area contributed by atoms with Gasteiger partial charge in [0.1, 0.15) is 0 Å². The number of rotatable bonds is 7. The fraction of sp³-hybridized carbons (Fsp3) is 0.364. The Kier molecular flexibility index (Phi) is 6.96. The van der Waals surface area contributed by atoms with Crippen LogP contribution in [-0.4, -0.2) is 18.4 Å². The van der Waals surface area contributed by atoms with Gasteiger partial charge in [0.05, 0.1) is 0 Å². The summed E-state index contributed by atoms with van der Waals surface area (Å²) in [5.74, 6) is 0.0109. The van der Waals surface area contributed by atoms with Crippen LogP contribution in [0.15, 0.2) is 48.5 Å².